The summed E-state index contributed by atoms with van der Waals surface area (Å²) in [5, 5.41) is 22.8. The predicted molar refractivity (Wildman–Crippen MR) is 53.8 cm³/mol. The van der Waals surface area contributed by atoms with Crippen molar-refractivity contribution in [3.63, 3.8) is 0 Å². The van der Waals surface area contributed by atoms with Gasteiger partial charge >= 0.3 is 0 Å². The average Bonchev–Trinajstić information content (AvgIpc) is 2.66. The van der Waals surface area contributed by atoms with Gasteiger partial charge in [-0.25, -0.2) is 0 Å². The van der Waals surface area contributed by atoms with Gasteiger partial charge in [0.1, 0.15) is 0 Å². The Morgan fingerprint density at radius 2 is 2.38 bits per heavy atom. The quantitative estimate of drug-likeness (QED) is 0.659. The van der Waals surface area contributed by atoms with Crippen LogP contribution >= 0.6 is 11.3 Å². The molecular weight excluding hydrogens is 186 g/mol. The van der Waals surface area contributed by atoms with Crippen molar-refractivity contribution in [3.8, 4) is 0 Å². The van der Waals surface area contributed by atoms with Crippen molar-refractivity contribution in [2.45, 2.75) is 19.1 Å². The zero-order valence-electron chi connectivity index (χ0n) is 7.60. The van der Waals surface area contributed by atoms with Crippen molar-refractivity contribution in [2.24, 2.45) is 0 Å². The Labute approximate surface area is 82.0 Å². The second-order valence-corrected chi connectivity index (χ2v) is 3.96. The minimum absolute atomic E-state index is 0.190. The Balaban J connectivity index is 2.30. The van der Waals surface area contributed by atoms with Crippen LogP contribution in [0.2, 0.25) is 0 Å². The number of hydrogen-bond donors (Lipinski definition) is 3. The normalized spacial score (nSPS) is 15.6. The molecule has 0 fully saturated rings. The Morgan fingerprint density at radius 1 is 1.62 bits per heavy atom. The Morgan fingerprint density at radius 3 is 2.92 bits per heavy atom. The molecule has 0 amide bonds. The van der Waals surface area contributed by atoms with Crippen LogP contribution in [0.5, 0.6) is 0 Å². The van der Waals surface area contributed by atoms with E-state index in [1.165, 1.54) is 4.88 Å². The largest absolute Gasteiger partial charge is 0.394 e. The average molecular weight is 201 g/mol. The van der Waals surface area contributed by atoms with Crippen LogP contribution in [-0.2, 0) is 0 Å². The highest BCUT2D eigenvalue weighted by Gasteiger charge is 2.07. The van der Waals surface area contributed by atoms with Crippen molar-refractivity contribution in [2.75, 3.05) is 13.2 Å². The first-order valence-corrected chi connectivity index (χ1v) is 5.17. The van der Waals surface area contributed by atoms with Gasteiger partial charge in [-0.2, -0.15) is 0 Å². The summed E-state index contributed by atoms with van der Waals surface area (Å²) < 4.78 is 0. The van der Waals surface area contributed by atoms with E-state index in [9.17, 15) is 0 Å². The lowest BCUT2D eigenvalue weighted by atomic mass is 10.2. The molecule has 0 aliphatic rings. The molecule has 0 aromatic carbocycles. The van der Waals surface area contributed by atoms with Crippen LogP contribution in [0.1, 0.15) is 17.8 Å². The van der Waals surface area contributed by atoms with Crippen LogP contribution in [0.25, 0.3) is 0 Å². The minimum Gasteiger partial charge on any atom is -0.394 e. The third-order valence-corrected chi connectivity index (χ3v) is 2.90. The van der Waals surface area contributed by atoms with Crippen LogP contribution in [0.15, 0.2) is 17.5 Å². The maximum Gasteiger partial charge on any atom is 0.0895 e. The Hall–Kier alpha value is -0.420. The Bertz CT molecular complexity index is 226. The molecular formula is C9H15NO2S. The molecule has 0 saturated heterocycles. The molecule has 0 aliphatic heterocycles. The van der Waals surface area contributed by atoms with Gasteiger partial charge in [-0.15, -0.1) is 11.3 Å². The fraction of sp³-hybridized carbons (Fsp3) is 0.556. The maximum absolute atomic E-state index is 9.10. The highest BCUT2D eigenvalue weighted by atomic mass is 32.1. The van der Waals surface area contributed by atoms with E-state index in [1.807, 2.05) is 24.4 Å². The molecule has 0 radical (unpaired) electrons. The molecule has 3 N–H and O–H groups in total. The second kappa shape index (κ2) is 5.34. The molecule has 2 atom stereocenters. The first-order valence-electron chi connectivity index (χ1n) is 4.29. The molecule has 74 valence electrons. The summed E-state index contributed by atoms with van der Waals surface area (Å²) in [6.45, 7) is 2.27. The first kappa shape index (κ1) is 10.7. The van der Waals surface area contributed by atoms with Gasteiger partial charge in [0.05, 0.1) is 12.7 Å². The van der Waals surface area contributed by atoms with E-state index in [4.69, 9.17) is 10.2 Å². The summed E-state index contributed by atoms with van der Waals surface area (Å²) in [5.74, 6) is 0. The number of thiophene rings is 1. The third kappa shape index (κ3) is 3.44. The van der Waals surface area contributed by atoms with Crippen LogP contribution in [-0.4, -0.2) is 29.5 Å². The standard InChI is InChI=1S/C9H15NO2S/c1-7(9-3-2-4-13-9)10-5-8(12)6-11/h2-4,7-8,10-12H,5-6H2,1H3/t7-,8?/m1/s1. The van der Waals surface area contributed by atoms with E-state index < -0.39 is 6.10 Å². The van der Waals surface area contributed by atoms with Crippen LogP contribution in [0.3, 0.4) is 0 Å². The van der Waals surface area contributed by atoms with Crippen molar-refractivity contribution in [3.05, 3.63) is 22.4 Å². The summed E-state index contributed by atoms with van der Waals surface area (Å²) in [6, 6.07) is 4.29. The summed E-state index contributed by atoms with van der Waals surface area (Å²) in [5.41, 5.74) is 0. The van der Waals surface area contributed by atoms with Gasteiger partial charge in [0, 0.05) is 17.5 Å². The van der Waals surface area contributed by atoms with Gasteiger partial charge in [-0.3, -0.25) is 0 Å². The van der Waals surface area contributed by atoms with Crippen molar-refractivity contribution in [1.82, 2.24) is 5.32 Å². The number of rotatable bonds is 5. The van der Waals surface area contributed by atoms with Crippen molar-refractivity contribution >= 4 is 11.3 Å². The maximum atomic E-state index is 9.10. The summed E-state index contributed by atoms with van der Waals surface area (Å²) >= 11 is 1.68. The third-order valence-electron chi connectivity index (χ3n) is 1.84. The van der Waals surface area contributed by atoms with Crippen molar-refractivity contribution < 1.29 is 10.2 Å². The summed E-state index contributed by atoms with van der Waals surface area (Å²) in [7, 11) is 0. The van der Waals surface area contributed by atoms with Crippen LogP contribution in [0, 0.1) is 0 Å². The first-order chi connectivity index (χ1) is 6.24. The monoisotopic (exact) mass is 201 g/mol. The molecule has 4 heteroatoms. The number of aliphatic hydroxyl groups excluding tert-OH is 2. The molecule has 0 saturated carbocycles. The van der Waals surface area contributed by atoms with Gasteiger partial charge in [0.25, 0.3) is 0 Å². The van der Waals surface area contributed by atoms with E-state index in [2.05, 4.69) is 5.32 Å². The van der Waals surface area contributed by atoms with Crippen LogP contribution < -0.4 is 5.32 Å². The highest BCUT2D eigenvalue weighted by molar-refractivity contribution is 7.10. The van der Waals surface area contributed by atoms with Gasteiger partial charge in [-0.1, -0.05) is 6.07 Å². The topological polar surface area (TPSA) is 52.5 Å². The smallest absolute Gasteiger partial charge is 0.0895 e. The van der Waals surface area contributed by atoms with E-state index >= 15 is 0 Å². The minimum atomic E-state index is -0.664. The predicted octanol–water partition coefficient (Wildman–Crippen LogP) is 0.752. The van der Waals surface area contributed by atoms with Crippen LogP contribution in [0.4, 0.5) is 0 Å². The lowest BCUT2D eigenvalue weighted by molar-refractivity contribution is 0.0925. The molecule has 13 heavy (non-hydrogen) atoms. The SMILES string of the molecule is C[C@@H](NCC(O)CO)c1cccs1. The van der Waals surface area contributed by atoms with E-state index in [0.717, 1.165) is 0 Å². The van der Waals surface area contributed by atoms with Gasteiger partial charge in [-0.05, 0) is 18.4 Å². The second-order valence-electron chi connectivity index (χ2n) is 2.98. The highest BCUT2D eigenvalue weighted by Crippen LogP contribution is 2.17. The van der Waals surface area contributed by atoms with Gasteiger partial charge < -0.3 is 15.5 Å². The molecule has 0 spiro atoms. The number of nitrogens with one attached hydrogen (secondary N) is 1. The van der Waals surface area contributed by atoms with E-state index in [1.54, 1.807) is 11.3 Å². The lowest BCUT2D eigenvalue weighted by Crippen LogP contribution is -2.30. The molecule has 3 nitrogen and oxygen atoms in total. The van der Waals surface area contributed by atoms with Gasteiger partial charge in [0.2, 0.25) is 0 Å². The molecule has 1 unspecified atom stereocenters. The molecule has 0 aliphatic carbocycles. The Kier molecular flexibility index (Phi) is 4.38. The zero-order valence-corrected chi connectivity index (χ0v) is 8.42. The molecule has 0 bridgehead atoms. The summed E-state index contributed by atoms with van der Waals surface area (Å²) in [6.07, 6.45) is -0.664. The van der Waals surface area contributed by atoms with E-state index in [0.29, 0.717) is 6.54 Å². The summed E-state index contributed by atoms with van der Waals surface area (Å²) in [4.78, 5) is 1.24. The molecule has 1 aromatic rings. The fourth-order valence-electron chi connectivity index (χ4n) is 1.02. The molecule has 1 heterocycles. The zero-order chi connectivity index (χ0) is 9.68. The molecule has 1 aromatic heterocycles. The van der Waals surface area contributed by atoms with Gasteiger partial charge in [0.15, 0.2) is 0 Å². The van der Waals surface area contributed by atoms with Crippen molar-refractivity contribution in [1.29, 1.82) is 0 Å². The van der Waals surface area contributed by atoms with E-state index in [-0.39, 0.29) is 12.6 Å². The number of aliphatic hydroxyl groups is 2. The number of hydrogen-bond acceptors (Lipinski definition) is 4. The molecule has 1 rings (SSSR count). The lowest BCUT2D eigenvalue weighted by Gasteiger charge is -2.14. The fourth-order valence-corrected chi connectivity index (χ4v) is 1.77.